The molecular formula is C30H28N4O5S. The lowest BCUT2D eigenvalue weighted by Gasteiger charge is -2.30. The SMILES string of the molecule is O=C(NCc1cc2cc(N3CCOc4ccc(C5CC5)nc43)ccc2cn1)c1ccc2c(c1)S(=O)(=O)CCOC2. The number of carbonyl (C=O) groups is 1. The molecule has 2 aromatic heterocycles. The molecule has 7 rings (SSSR count). The maximum Gasteiger partial charge on any atom is 0.251 e. The topological polar surface area (TPSA) is 111 Å². The van der Waals surface area contributed by atoms with Gasteiger partial charge in [-0.15, -0.1) is 0 Å². The van der Waals surface area contributed by atoms with E-state index in [-0.39, 0.29) is 41.9 Å². The van der Waals surface area contributed by atoms with Crippen molar-refractivity contribution >= 4 is 38.0 Å². The number of pyridine rings is 2. The van der Waals surface area contributed by atoms with Gasteiger partial charge in [-0.1, -0.05) is 12.1 Å². The third kappa shape index (κ3) is 4.77. The molecule has 1 aliphatic carbocycles. The van der Waals surface area contributed by atoms with Crippen molar-refractivity contribution in [3.63, 3.8) is 0 Å². The zero-order valence-electron chi connectivity index (χ0n) is 21.8. The van der Waals surface area contributed by atoms with Gasteiger partial charge in [-0.3, -0.25) is 9.78 Å². The smallest absolute Gasteiger partial charge is 0.251 e. The fourth-order valence-corrected chi connectivity index (χ4v) is 6.63. The van der Waals surface area contributed by atoms with Gasteiger partial charge in [0, 0.05) is 34.4 Å². The minimum atomic E-state index is -3.50. The molecule has 9 nitrogen and oxygen atoms in total. The van der Waals surface area contributed by atoms with Crippen LogP contribution in [0.15, 0.2) is 65.7 Å². The van der Waals surface area contributed by atoms with Crippen molar-refractivity contribution in [3.05, 3.63) is 83.3 Å². The number of amides is 1. The maximum atomic E-state index is 12.9. The number of aromatic nitrogens is 2. The van der Waals surface area contributed by atoms with Gasteiger partial charge in [-0.25, -0.2) is 13.4 Å². The standard InChI is InChI=1S/C30H28N4O5S/c35-30(20-3-4-22-18-38-11-12-40(36,37)28(22)15-20)32-17-24-13-23-14-25(6-5-21(23)16-31-24)34-9-10-39-27-8-7-26(19-1-2-19)33-29(27)34/h3-8,13-16,19H,1-2,9-12,17-18H2,(H,32,35). The number of nitrogens with one attached hydrogen (secondary N) is 1. The molecule has 1 fully saturated rings. The van der Waals surface area contributed by atoms with E-state index in [1.165, 1.54) is 18.9 Å². The summed E-state index contributed by atoms with van der Waals surface area (Å²) in [6.45, 7) is 1.85. The van der Waals surface area contributed by atoms with Gasteiger partial charge in [0.05, 0.1) is 42.6 Å². The molecule has 4 aromatic rings. The number of sulfone groups is 1. The number of carbonyl (C=O) groups excluding carboxylic acids is 1. The van der Waals surface area contributed by atoms with Crippen LogP contribution in [0.2, 0.25) is 0 Å². The number of benzene rings is 2. The fraction of sp³-hybridized carbons (Fsp3) is 0.300. The van der Waals surface area contributed by atoms with E-state index in [4.69, 9.17) is 14.5 Å². The molecule has 0 radical (unpaired) electrons. The van der Waals surface area contributed by atoms with E-state index in [1.54, 1.807) is 18.3 Å². The molecule has 1 saturated carbocycles. The van der Waals surface area contributed by atoms with Crippen LogP contribution in [0.1, 0.15) is 46.1 Å². The van der Waals surface area contributed by atoms with Crippen molar-refractivity contribution in [3.8, 4) is 5.75 Å². The highest BCUT2D eigenvalue weighted by Crippen LogP contribution is 2.43. The van der Waals surface area contributed by atoms with Crippen molar-refractivity contribution in [1.82, 2.24) is 15.3 Å². The molecule has 0 spiro atoms. The number of ether oxygens (including phenoxy) is 2. The van der Waals surface area contributed by atoms with Crippen LogP contribution in [0.4, 0.5) is 11.5 Å². The predicted molar refractivity (Wildman–Crippen MR) is 150 cm³/mol. The molecule has 40 heavy (non-hydrogen) atoms. The number of hydrogen-bond donors (Lipinski definition) is 1. The lowest BCUT2D eigenvalue weighted by molar-refractivity contribution is 0.0950. The van der Waals surface area contributed by atoms with E-state index in [1.807, 2.05) is 18.2 Å². The molecule has 1 N–H and O–H groups in total. The first-order valence-corrected chi connectivity index (χ1v) is 15.1. The molecule has 0 bridgehead atoms. The van der Waals surface area contributed by atoms with Crippen molar-refractivity contribution in [2.24, 2.45) is 0 Å². The van der Waals surface area contributed by atoms with Crippen LogP contribution in [-0.2, 0) is 27.7 Å². The summed E-state index contributed by atoms with van der Waals surface area (Å²) in [7, 11) is -3.50. The Morgan fingerprint density at radius 1 is 1.02 bits per heavy atom. The van der Waals surface area contributed by atoms with Crippen LogP contribution in [0.25, 0.3) is 10.8 Å². The second kappa shape index (κ2) is 9.87. The summed E-state index contributed by atoms with van der Waals surface area (Å²) in [6.07, 6.45) is 4.18. The van der Waals surface area contributed by atoms with Gasteiger partial charge < -0.3 is 19.7 Å². The van der Waals surface area contributed by atoms with Crippen LogP contribution in [-0.4, -0.2) is 49.8 Å². The van der Waals surface area contributed by atoms with Gasteiger partial charge in [0.1, 0.15) is 6.61 Å². The molecule has 4 heterocycles. The molecule has 0 atom stereocenters. The molecule has 10 heteroatoms. The highest BCUT2D eigenvalue weighted by Gasteiger charge is 2.29. The summed E-state index contributed by atoms with van der Waals surface area (Å²) in [5.41, 5.74) is 3.70. The third-order valence-corrected chi connectivity index (χ3v) is 9.36. The Hall–Kier alpha value is -4.02. The first-order valence-electron chi connectivity index (χ1n) is 13.5. The summed E-state index contributed by atoms with van der Waals surface area (Å²) >= 11 is 0. The Kier molecular flexibility index (Phi) is 6.16. The molecule has 0 saturated heterocycles. The van der Waals surface area contributed by atoms with Crippen molar-refractivity contribution in [1.29, 1.82) is 0 Å². The maximum absolute atomic E-state index is 12.9. The average Bonchev–Trinajstić information content (AvgIpc) is 3.84. The second-order valence-corrected chi connectivity index (χ2v) is 12.5. The first kappa shape index (κ1) is 25.0. The molecule has 204 valence electrons. The zero-order valence-corrected chi connectivity index (χ0v) is 22.6. The molecular weight excluding hydrogens is 528 g/mol. The Labute approximate surface area is 232 Å². The lowest BCUT2D eigenvalue weighted by atomic mass is 10.1. The quantitative estimate of drug-likeness (QED) is 0.388. The van der Waals surface area contributed by atoms with Gasteiger partial charge in [0.2, 0.25) is 0 Å². The predicted octanol–water partition coefficient (Wildman–Crippen LogP) is 4.27. The van der Waals surface area contributed by atoms with Crippen LogP contribution < -0.4 is 15.0 Å². The molecule has 0 unspecified atom stereocenters. The number of fused-ring (bicyclic) bond motifs is 3. The van der Waals surface area contributed by atoms with Crippen LogP contribution in [0.3, 0.4) is 0 Å². The van der Waals surface area contributed by atoms with E-state index in [9.17, 15) is 13.2 Å². The largest absolute Gasteiger partial charge is 0.488 e. The van der Waals surface area contributed by atoms with Crippen LogP contribution >= 0.6 is 0 Å². The third-order valence-electron chi connectivity index (χ3n) is 7.61. The van der Waals surface area contributed by atoms with Gasteiger partial charge in [0.25, 0.3) is 5.91 Å². The van der Waals surface area contributed by atoms with Crippen LogP contribution in [0.5, 0.6) is 5.75 Å². The number of nitrogens with zero attached hydrogens (tertiary/aromatic N) is 3. The summed E-state index contributed by atoms with van der Waals surface area (Å²) in [4.78, 5) is 24.8. The van der Waals surface area contributed by atoms with Gasteiger partial charge >= 0.3 is 0 Å². The van der Waals surface area contributed by atoms with Gasteiger partial charge in [-0.05, 0) is 66.3 Å². The number of hydrogen-bond acceptors (Lipinski definition) is 8. The van der Waals surface area contributed by atoms with Crippen LogP contribution in [0, 0.1) is 0 Å². The first-order chi connectivity index (χ1) is 19.4. The van der Waals surface area contributed by atoms with Gasteiger partial charge in [0.15, 0.2) is 21.4 Å². The Bertz CT molecular complexity index is 1750. The Morgan fingerprint density at radius 2 is 1.93 bits per heavy atom. The monoisotopic (exact) mass is 556 g/mol. The van der Waals surface area contributed by atoms with Crippen molar-refractivity contribution < 1.29 is 22.7 Å². The summed E-state index contributed by atoms with van der Waals surface area (Å²) in [5, 5.41) is 4.87. The highest BCUT2D eigenvalue weighted by molar-refractivity contribution is 7.91. The minimum absolute atomic E-state index is 0.0954. The van der Waals surface area contributed by atoms with Gasteiger partial charge in [-0.2, -0.15) is 0 Å². The molecule has 2 aromatic carbocycles. The molecule has 3 aliphatic rings. The van der Waals surface area contributed by atoms with Crippen molar-refractivity contribution in [2.45, 2.75) is 36.8 Å². The summed E-state index contributed by atoms with van der Waals surface area (Å²) < 4.78 is 36.4. The highest BCUT2D eigenvalue weighted by atomic mass is 32.2. The normalized spacial score (nSPS) is 17.9. The molecule has 1 amide bonds. The Balaban J connectivity index is 1.11. The van der Waals surface area contributed by atoms with E-state index in [2.05, 4.69) is 33.4 Å². The number of anilines is 2. The average molecular weight is 557 g/mol. The molecule has 2 aliphatic heterocycles. The number of rotatable bonds is 5. The minimum Gasteiger partial charge on any atom is -0.488 e. The Morgan fingerprint density at radius 3 is 2.80 bits per heavy atom. The second-order valence-electron chi connectivity index (χ2n) is 10.4. The summed E-state index contributed by atoms with van der Waals surface area (Å²) in [6, 6.07) is 17.0. The van der Waals surface area contributed by atoms with E-state index in [0.29, 0.717) is 30.3 Å². The van der Waals surface area contributed by atoms with E-state index in [0.717, 1.165) is 33.7 Å². The van der Waals surface area contributed by atoms with E-state index < -0.39 is 9.84 Å². The zero-order chi connectivity index (χ0) is 27.3. The fourth-order valence-electron chi connectivity index (χ4n) is 5.24. The van der Waals surface area contributed by atoms with E-state index >= 15 is 0 Å². The lowest BCUT2D eigenvalue weighted by Crippen LogP contribution is -2.29. The summed E-state index contributed by atoms with van der Waals surface area (Å²) in [5.74, 6) is 1.75. The van der Waals surface area contributed by atoms with Crippen molar-refractivity contribution in [2.75, 3.05) is 30.4 Å².